The van der Waals surface area contributed by atoms with Crippen LogP contribution >= 0.6 is 11.8 Å². The fourth-order valence-electron chi connectivity index (χ4n) is 1.03. The predicted molar refractivity (Wildman–Crippen MR) is 67.0 cm³/mol. The van der Waals surface area contributed by atoms with Gasteiger partial charge in [-0.3, -0.25) is 4.79 Å². The second kappa shape index (κ2) is 5.39. The molecular weight excluding hydrogens is 262 g/mol. The van der Waals surface area contributed by atoms with E-state index >= 15 is 0 Å². The number of thioether (sulfide) groups is 1. The summed E-state index contributed by atoms with van der Waals surface area (Å²) in [6, 6.07) is 4.14. The van der Waals surface area contributed by atoms with Crippen LogP contribution < -0.4 is 16.2 Å². The molecule has 0 saturated carbocycles. The zero-order valence-electron chi connectivity index (χ0n) is 9.14. The maximum Gasteiger partial charge on any atom is 0.238 e. The van der Waals surface area contributed by atoms with E-state index in [1.54, 1.807) is 0 Å². The zero-order valence-corrected chi connectivity index (χ0v) is 10.8. The Morgan fingerprint density at radius 3 is 2.65 bits per heavy atom. The number of primary sulfonamides is 1. The van der Waals surface area contributed by atoms with Gasteiger partial charge in [-0.05, 0) is 18.2 Å². The van der Waals surface area contributed by atoms with Crippen molar-refractivity contribution in [2.45, 2.75) is 9.79 Å². The largest absolute Gasteiger partial charge is 0.398 e. The van der Waals surface area contributed by atoms with Gasteiger partial charge in [0.25, 0.3) is 0 Å². The van der Waals surface area contributed by atoms with Crippen LogP contribution in [0.15, 0.2) is 28.0 Å². The first-order valence-electron chi connectivity index (χ1n) is 4.60. The highest BCUT2D eigenvalue weighted by Crippen LogP contribution is 2.27. The van der Waals surface area contributed by atoms with Crippen molar-refractivity contribution < 1.29 is 13.2 Å². The van der Waals surface area contributed by atoms with Gasteiger partial charge in [0.2, 0.25) is 15.9 Å². The number of benzene rings is 1. The molecule has 1 rings (SSSR count). The topological polar surface area (TPSA) is 115 Å². The third-order valence-electron chi connectivity index (χ3n) is 1.95. The molecule has 0 aliphatic carbocycles. The fourth-order valence-corrected chi connectivity index (χ4v) is 2.52. The van der Waals surface area contributed by atoms with Gasteiger partial charge in [0, 0.05) is 17.6 Å². The summed E-state index contributed by atoms with van der Waals surface area (Å²) in [5, 5.41) is 7.46. The molecule has 94 valence electrons. The highest BCUT2D eigenvalue weighted by molar-refractivity contribution is 8.00. The van der Waals surface area contributed by atoms with Crippen LogP contribution in [0.4, 0.5) is 5.69 Å². The molecule has 1 aromatic rings. The molecule has 0 heterocycles. The van der Waals surface area contributed by atoms with Crippen LogP contribution in [0.3, 0.4) is 0 Å². The summed E-state index contributed by atoms with van der Waals surface area (Å²) in [6.07, 6.45) is 0. The minimum absolute atomic E-state index is 0.0221. The molecule has 0 atom stereocenters. The normalized spacial score (nSPS) is 11.2. The molecule has 17 heavy (non-hydrogen) atoms. The van der Waals surface area contributed by atoms with Crippen LogP contribution in [0, 0.1) is 0 Å². The van der Waals surface area contributed by atoms with Crippen molar-refractivity contribution in [2.24, 2.45) is 5.14 Å². The Hall–Kier alpha value is -1.25. The molecule has 0 aliphatic heterocycles. The van der Waals surface area contributed by atoms with Crippen molar-refractivity contribution in [3.63, 3.8) is 0 Å². The Kier molecular flexibility index (Phi) is 4.38. The maximum absolute atomic E-state index is 11.1. The summed E-state index contributed by atoms with van der Waals surface area (Å²) in [7, 11) is -2.23. The number of sulfonamides is 1. The van der Waals surface area contributed by atoms with E-state index in [0.717, 1.165) is 11.8 Å². The Labute approximate surface area is 104 Å². The van der Waals surface area contributed by atoms with Crippen molar-refractivity contribution in [2.75, 3.05) is 18.5 Å². The molecule has 0 radical (unpaired) electrons. The number of nitrogens with two attached hydrogens (primary N) is 2. The number of anilines is 1. The molecule has 0 aliphatic rings. The molecule has 0 saturated heterocycles. The second-order valence-corrected chi connectivity index (χ2v) is 5.79. The van der Waals surface area contributed by atoms with Gasteiger partial charge in [0.05, 0.1) is 10.6 Å². The SMILES string of the molecule is CNC(=O)CSc1cc(S(N)(=O)=O)ccc1N. The average Bonchev–Trinajstić information content (AvgIpc) is 2.26. The first kappa shape index (κ1) is 13.8. The number of hydrogen-bond acceptors (Lipinski definition) is 5. The smallest absolute Gasteiger partial charge is 0.238 e. The van der Waals surface area contributed by atoms with Gasteiger partial charge >= 0.3 is 0 Å². The van der Waals surface area contributed by atoms with Crippen LogP contribution in [-0.2, 0) is 14.8 Å². The van der Waals surface area contributed by atoms with Crippen molar-refractivity contribution in [1.29, 1.82) is 0 Å². The van der Waals surface area contributed by atoms with Gasteiger partial charge in [0.1, 0.15) is 0 Å². The number of rotatable bonds is 4. The first-order valence-corrected chi connectivity index (χ1v) is 7.13. The molecule has 5 N–H and O–H groups in total. The van der Waals surface area contributed by atoms with E-state index in [4.69, 9.17) is 10.9 Å². The Balaban J connectivity index is 2.96. The van der Waals surface area contributed by atoms with Crippen molar-refractivity contribution >= 4 is 33.4 Å². The second-order valence-electron chi connectivity index (χ2n) is 3.21. The van der Waals surface area contributed by atoms with Gasteiger partial charge in [-0.1, -0.05) is 0 Å². The number of carbonyl (C=O) groups is 1. The zero-order chi connectivity index (χ0) is 13.1. The molecule has 6 nitrogen and oxygen atoms in total. The fraction of sp³-hybridized carbons (Fsp3) is 0.222. The summed E-state index contributed by atoms with van der Waals surface area (Å²) < 4.78 is 22.3. The summed E-state index contributed by atoms with van der Waals surface area (Å²) in [6.45, 7) is 0. The number of carbonyl (C=O) groups excluding carboxylic acids is 1. The van der Waals surface area contributed by atoms with Crippen LogP contribution in [-0.4, -0.2) is 27.1 Å². The molecule has 0 aromatic heterocycles. The monoisotopic (exact) mass is 275 g/mol. The average molecular weight is 275 g/mol. The summed E-state index contributed by atoms with van der Waals surface area (Å²) >= 11 is 1.15. The van der Waals surface area contributed by atoms with E-state index < -0.39 is 10.0 Å². The van der Waals surface area contributed by atoms with Crippen molar-refractivity contribution in [3.05, 3.63) is 18.2 Å². The van der Waals surface area contributed by atoms with Gasteiger partial charge in [-0.2, -0.15) is 0 Å². The third-order valence-corrected chi connectivity index (χ3v) is 3.93. The third kappa shape index (κ3) is 3.91. The van der Waals surface area contributed by atoms with E-state index in [-0.39, 0.29) is 16.6 Å². The van der Waals surface area contributed by atoms with Gasteiger partial charge in [-0.15, -0.1) is 11.8 Å². The van der Waals surface area contributed by atoms with Gasteiger partial charge < -0.3 is 11.1 Å². The maximum atomic E-state index is 11.1. The van der Waals surface area contributed by atoms with Gasteiger partial charge in [-0.25, -0.2) is 13.6 Å². The lowest BCUT2D eigenvalue weighted by atomic mass is 10.3. The number of nitrogen functional groups attached to an aromatic ring is 1. The van der Waals surface area contributed by atoms with Crippen LogP contribution in [0.2, 0.25) is 0 Å². The highest BCUT2D eigenvalue weighted by Gasteiger charge is 2.11. The van der Waals surface area contributed by atoms with Gasteiger partial charge in [0.15, 0.2) is 0 Å². The molecule has 0 fully saturated rings. The Bertz CT molecular complexity index is 528. The molecular formula is C9H13N3O3S2. The van der Waals surface area contributed by atoms with E-state index in [1.165, 1.54) is 25.2 Å². The van der Waals surface area contributed by atoms with Crippen LogP contribution in [0.1, 0.15) is 0 Å². The summed E-state index contributed by atoms with van der Waals surface area (Å²) in [5.41, 5.74) is 6.08. The predicted octanol–water partition coefficient (Wildman–Crippen LogP) is -0.246. The lowest BCUT2D eigenvalue weighted by molar-refractivity contribution is -0.118. The quantitative estimate of drug-likeness (QED) is 0.518. The van der Waals surface area contributed by atoms with Crippen molar-refractivity contribution in [1.82, 2.24) is 5.32 Å². The Morgan fingerprint density at radius 2 is 2.12 bits per heavy atom. The van der Waals surface area contributed by atoms with E-state index in [2.05, 4.69) is 5.32 Å². The molecule has 1 aromatic carbocycles. The number of amides is 1. The number of nitrogens with one attached hydrogen (secondary N) is 1. The standard InChI is InChI=1S/C9H13N3O3S2/c1-12-9(13)5-16-8-4-6(17(11,14)15)2-3-7(8)10/h2-4H,5,10H2,1H3,(H,12,13)(H2,11,14,15). The lowest BCUT2D eigenvalue weighted by Crippen LogP contribution is -2.19. The first-order chi connectivity index (χ1) is 7.84. The Morgan fingerprint density at radius 1 is 1.47 bits per heavy atom. The lowest BCUT2D eigenvalue weighted by Gasteiger charge is -2.06. The molecule has 0 unspecified atom stereocenters. The molecule has 0 spiro atoms. The van der Waals surface area contributed by atoms with E-state index in [1.807, 2.05) is 0 Å². The minimum atomic E-state index is -3.76. The summed E-state index contributed by atoms with van der Waals surface area (Å²) in [4.78, 5) is 11.6. The highest BCUT2D eigenvalue weighted by atomic mass is 32.2. The minimum Gasteiger partial charge on any atom is -0.398 e. The number of hydrogen-bond donors (Lipinski definition) is 3. The van der Waals surface area contributed by atoms with Crippen molar-refractivity contribution in [3.8, 4) is 0 Å². The van der Waals surface area contributed by atoms with Crippen LogP contribution in [0.25, 0.3) is 0 Å². The molecule has 8 heteroatoms. The van der Waals surface area contributed by atoms with Crippen LogP contribution in [0.5, 0.6) is 0 Å². The van der Waals surface area contributed by atoms with E-state index in [9.17, 15) is 13.2 Å². The molecule has 1 amide bonds. The van der Waals surface area contributed by atoms with E-state index in [0.29, 0.717) is 10.6 Å². The molecule has 0 bridgehead atoms. The summed E-state index contributed by atoms with van der Waals surface area (Å²) in [5.74, 6) is -0.00944.